The van der Waals surface area contributed by atoms with Gasteiger partial charge in [-0.2, -0.15) is 0 Å². The molecule has 1 aromatic carbocycles. The number of nitrogens with one attached hydrogen (secondary N) is 3. The highest BCUT2D eigenvalue weighted by atomic mass is 35.5. The number of guanidine groups is 1. The standard InChI is InChI=1S/C16H21ClN4O2S2/c1-12(13-5-7-14(17)8-6-13)21-16(18-2)19-9-10-20-25(22,23)15-4-3-11-24-15/h3-8,11-12,20H,9-10H2,1-2H3,(H2,18,19,21). The van der Waals surface area contributed by atoms with Gasteiger partial charge in [0, 0.05) is 25.2 Å². The predicted molar refractivity (Wildman–Crippen MR) is 104 cm³/mol. The number of hydrogen-bond acceptors (Lipinski definition) is 4. The third kappa shape index (κ3) is 6.00. The lowest BCUT2D eigenvalue weighted by atomic mass is 10.1. The van der Waals surface area contributed by atoms with Gasteiger partial charge < -0.3 is 10.6 Å². The monoisotopic (exact) mass is 400 g/mol. The molecule has 0 spiro atoms. The Morgan fingerprint density at radius 3 is 2.56 bits per heavy atom. The number of rotatable bonds is 7. The Morgan fingerprint density at radius 1 is 1.24 bits per heavy atom. The van der Waals surface area contributed by atoms with Crippen LogP contribution in [0.4, 0.5) is 0 Å². The maximum Gasteiger partial charge on any atom is 0.250 e. The molecule has 2 aromatic rings. The van der Waals surface area contributed by atoms with Gasteiger partial charge in [0.2, 0.25) is 10.0 Å². The SMILES string of the molecule is CN=C(NCCNS(=O)(=O)c1cccs1)NC(C)c1ccc(Cl)cc1. The van der Waals surface area contributed by atoms with Crippen LogP contribution in [-0.2, 0) is 10.0 Å². The van der Waals surface area contributed by atoms with Gasteiger partial charge in [-0.25, -0.2) is 13.1 Å². The lowest BCUT2D eigenvalue weighted by Crippen LogP contribution is -2.42. The van der Waals surface area contributed by atoms with Gasteiger partial charge in [-0.1, -0.05) is 29.8 Å². The molecule has 0 radical (unpaired) electrons. The van der Waals surface area contributed by atoms with Crippen molar-refractivity contribution in [1.29, 1.82) is 0 Å². The van der Waals surface area contributed by atoms with Crippen molar-refractivity contribution in [3.8, 4) is 0 Å². The van der Waals surface area contributed by atoms with Crippen molar-refractivity contribution >= 4 is 38.9 Å². The molecule has 0 aliphatic carbocycles. The van der Waals surface area contributed by atoms with E-state index in [1.807, 2.05) is 31.2 Å². The summed E-state index contributed by atoms with van der Waals surface area (Å²) in [6, 6.07) is 10.9. The first-order chi connectivity index (χ1) is 11.9. The molecule has 0 saturated carbocycles. The van der Waals surface area contributed by atoms with Crippen LogP contribution in [0.3, 0.4) is 0 Å². The van der Waals surface area contributed by atoms with Crippen molar-refractivity contribution in [3.05, 3.63) is 52.4 Å². The maximum atomic E-state index is 12.0. The van der Waals surface area contributed by atoms with Crippen molar-refractivity contribution in [2.45, 2.75) is 17.2 Å². The van der Waals surface area contributed by atoms with E-state index in [1.54, 1.807) is 24.6 Å². The summed E-state index contributed by atoms with van der Waals surface area (Å²) in [6.07, 6.45) is 0. The van der Waals surface area contributed by atoms with Gasteiger partial charge in [0.15, 0.2) is 5.96 Å². The Labute approximate surface area is 157 Å². The Kier molecular flexibility index (Phi) is 7.24. The second kappa shape index (κ2) is 9.19. The molecule has 2 rings (SSSR count). The van der Waals surface area contributed by atoms with Crippen molar-refractivity contribution in [2.75, 3.05) is 20.1 Å². The van der Waals surface area contributed by atoms with Gasteiger partial charge in [0.25, 0.3) is 0 Å². The molecule has 25 heavy (non-hydrogen) atoms. The molecule has 1 atom stereocenters. The molecular formula is C16H21ClN4O2S2. The van der Waals surface area contributed by atoms with Gasteiger partial charge >= 0.3 is 0 Å². The molecule has 0 saturated heterocycles. The molecule has 1 aromatic heterocycles. The summed E-state index contributed by atoms with van der Waals surface area (Å²) in [5.41, 5.74) is 1.07. The van der Waals surface area contributed by atoms with E-state index < -0.39 is 10.0 Å². The summed E-state index contributed by atoms with van der Waals surface area (Å²) >= 11 is 7.09. The summed E-state index contributed by atoms with van der Waals surface area (Å²) in [7, 11) is -1.77. The maximum absolute atomic E-state index is 12.0. The molecule has 6 nitrogen and oxygen atoms in total. The van der Waals surface area contributed by atoms with Crippen molar-refractivity contribution < 1.29 is 8.42 Å². The molecule has 1 heterocycles. The summed E-state index contributed by atoms with van der Waals surface area (Å²) < 4.78 is 26.9. The molecule has 1 unspecified atom stereocenters. The minimum Gasteiger partial charge on any atom is -0.355 e. The number of hydrogen-bond donors (Lipinski definition) is 3. The number of sulfonamides is 1. The summed E-state index contributed by atoms with van der Waals surface area (Å²) in [5.74, 6) is 0.595. The number of benzene rings is 1. The van der Waals surface area contributed by atoms with Gasteiger partial charge in [-0.15, -0.1) is 11.3 Å². The highest BCUT2D eigenvalue weighted by Gasteiger charge is 2.14. The van der Waals surface area contributed by atoms with E-state index in [0.717, 1.165) is 5.56 Å². The quantitative estimate of drug-likeness (QED) is 0.379. The van der Waals surface area contributed by atoms with Crippen LogP contribution < -0.4 is 15.4 Å². The topological polar surface area (TPSA) is 82.6 Å². The first-order valence-electron chi connectivity index (χ1n) is 7.68. The Bertz CT molecular complexity index is 790. The van der Waals surface area contributed by atoms with E-state index in [0.29, 0.717) is 21.7 Å². The van der Waals surface area contributed by atoms with Crippen LogP contribution in [0.15, 0.2) is 51.0 Å². The van der Waals surface area contributed by atoms with Crippen LogP contribution in [0.5, 0.6) is 0 Å². The lowest BCUT2D eigenvalue weighted by molar-refractivity contribution is 0.582. The highest BCUT2D eigenvalue weighted by Crippen LogP contribution is 2.16. The first-order valence-corrected chi connectivity index (χ1v) is 10.4. The van der Waals surface area contributed by atoms with E-state index >= 15 is 0 Å². The van der Waals surface area contributed by atoms with Crippen LogP contribution in [-0.4, -0.2) is 34.5 Å². The minimum atomic E-state index is -3.44. The van der Waals surface area contributed by atoms with Gasteiger partial charge in [0.05, 0.1) is 6.04 Å². The first kappa shape index (κ1) is 19.7. The average molecular weight is 401 g/mol. The Morgan fingerprint density at radius 2 is 1.96 bits per heavy atom. The van der Waals surface area contributed by atoms with Crippen LogP contribution in [0.1, 0.15) is 18.5 Å². The predicted octanol–water partition coefficient (Wildman–Crippen LogP) is 2.61. The second-order valence-corrected chi connectivity index (χ2v) is 8.62. The zero-order valence-corrected chi connectivity index (χ0v) is 16.4. The Hall–Kier alpha value is -1.61. The number of nitrogens with zero attached hydrogens (tertiary/aromatic N) is 1. The largest absolute Gasteiger partial charge is 0.355 e. The fraction of sp³-hybridized carbons (Fsp3) is 0.312. The second-order valence-electron chi connectivity index (χ2n) is 5.25. The van der Waals surface area contributed by atoms with Crippen LogP contribution in [0.2, 0.25) is 5.02 Å². The summed E-state index contributed by atoms with van der Waals surface area (Å²) in [5, 5.41) is 8.76. The molecule has 136 valence electrons. The normalized spacial score (nSPS) is 13.5. The van der Waals surface area contributed by atoms with Crippen LogP contribution in [0.25, 0.3) is 0 Å². The number of thiophene rings is 1. The Balaban J connectivity index is 1.79. The van der Waals surface area contributed by atoms with Crippen molar-refractivity contribution in [3.63, 3.8) is 0 Å². The van der Waals surface area contributed by atoms with E-state index in [9.17, 15) is 8.42 Å². The van der Waals surface area contributed by atoms with Gasteiger partial charge in [0.1, 0.15) is 4.21 Å². The minimum absolute atomic E-state index is 0.0336. The number of halogens is 1. The zero-order valence-electron chi connectivity index (χ0n) is 14.0. The van der Waals surface area contributed by atoms with Crippen molar-refractivity contribution in [1.82, 2.24) is 15.4 Å². The van der Waals surface area contributed by atoms with Crippen LogP contribution in [0, 0.1) is 0 Å². The fourth-order valence-electron chi connectivity index (χ4n) is 2.09. The third-order valence-electron chi connectivity index (χ3n) is 3.42. The van der Waals surface area contributed by atoms with E-state index in [1.165, 1.54) is 11.3 Å². The zero-order chi connectivity index (χ0) is 18.3. The molecule has 0 aliphatic heterocycles. The molecule has 9 heteroatoms. The molecule has 0 fully saturated rings. The van der Waals surface area contributed by atoms with Gasteiger partial charge in [-0.05, 0) is 36.1 Å². The fourth-order valence-corrected chi connectivity index (χ4v) is 4.28. The van der Waals surface area contributed by atoms with E-state index in [4.69, 9.17) is 11.6 Å². The van der Waals surface area contributed by atoms with Crippen LogP contribution >= 0.6 is 22.9 Å². The number of aliphatic imine (C=N–C) groups is 1. The molecule has 3 N–H and O–H groups in total. The molecule has 0 aliphatic rings. The van der Waals surface area contributed by atoms with Crippen molar-refractivity contribution in [2.24, 2.45) is 4.99 Å². The van der Waals surface area contributed by atoms with E-state index in [2.05, 4.69) is 20.3 Å². The van der Waals surface area contributed by atoms with Gasteiger partial charge in [-0.3, -0.25) is 4.99 Å². The summed E-state index contributed by atoms with van der Waals surface area (Å²) in [4.78, 5) is 4.15. The molecule has 0 bridgehead atoms. The highest BCUT2D eigenvalue weighted by molar-refractivity contribution is 7.91. The summed E-state index contributed by atoms with van der Waals surface area (Å²) in [6.45, 7) is 2.68. The van der Waals surface area contributed by atoms with E-state index in [-0.39, 0.29) is 12.6 Å². The molecule has 0 amide bonds. The molecular weight excluding hydrogens is 380 g/mol. The lowest BCUT2D eigenvalue weighted by Gasteiger charge is -2.18. The average Bonchev–Trinajstić information content (AvgIpc) is 3.13. The third-order valence-corrected chi connectivity index (χ3v) is 6.53. The smallest absolute Gasteiger partial charge is 0.250 e.